The van der Waals surface area contributed by atoms with Gasteiger partial charge in [-0.1, -0.05) is 18.2 Å². The first kappa shape index (κ1) is 18.0. The van der Waals surface area contributed by atoms with Gasteiger partial charge in [0.2, 0.25) is 0 Å². The van der Waals surface area contributed by atoms with Crippen molar-refractivity contribution in [3.8, 4) is 5.75 Å². The van der Waals surface area contributed by atoms with Gasteiger partial charge in [0.1, 0.15) is 5.75 Å². The summed E-state index contributed by atoms with van der Waals surface area (Å²) in [6.07, 6.45) is 8.77. The van der Waals surface area contributed by atoms with E-state index in [0.717, 1.165) is 43.9 Å². The summed E-state index contributed by atoms with van der Waals surface area (Å²) < 4.78 is 8.16. The van der Waals surface area contributed by atoms with Crippen LogP contribution in [0.2, 0.25) is 0 Å². The number of rotatable bonds is 7. The highest BCUT2D eigenvalue weighted by atomic mass is 16.5. The van der Waals surface area contributed by atoms with Gasteiger partial charge in [0, 0.05) is 25.2 Å². The first-order chi connectivity index (χ1) is 13.2. The lowest BCUT2D eigenvalue weighted by molar-refractivity contribution is 0.0998. The van der Waals surface area contributed by atoms with Crippen molar-refractivity contribution >= 4 is 5.91 Å². The molecule has 2 aliphatic rings. The molecule has 1 aromatic carbocycles. The maximum Gasteiger partial charge on any atom is 0.252 e. The summed E-state index contributed by atoms with van der Waals surface area (Å²) in [7, 11) is 0. The van der Waals surface area contributed by atoms with Crippen molar-refractivity contribution in [2.24, 2.45) is 11.7 Å². The fourth-order valence-corrected chi connectivity index (χ4v) is 4.24. The number of benzene rings is 1. The molecule has 1 saturated carbocycles. The third-order valence-electron chi connectivity index (χ3n) is 5.75. The second-order valence-corrected chi connectivity index (χ2v) is 7.72. The van der Waals surface area contributed by atoms with E-state index in [0.29, 0.717) is 17.6 Å². The molecule has 27 heavy (non-hydrogen) atoms. The molecule has 0 bridgehead atoms. The Kier molecular flexibility index (Phi) is 5.43. The van der Waals surface area contributed by atoms with E-state index < -0.39 is 0 Å². The maximum absolute atomic E-state index is 11.4. The number of nitrogens with two attached hydrogens (primary N) is 1. The molecule has 3 N–H and O–H groups in total. The van der Waals surface area contributed by atoms with Crippen LogP contribution >= 0.6 is 0 Å². The van der Waals surface area contributed by atoms with E-state index >= 15 is 0 Å². The number of fused-ring (bicyclic) bond motifs is 1. The number of ether oxygens (including phenoxy) is 1. The average molecular weight is 368 g/mol. The standard InChI is InChI=1S/C21H28N4O2/c22-21(26)18-13-24-25-14-15(9-10-19(18)25)11-23-12-16-5-1-4-8-20(16)27-17-6-2-3-7-17/h1,4-5,8,13,15,17,23H,2-3,6-7,9-12,14H2,(H2,22,26)/t15-/m0/s1. The van der Waals surface area contributed by atoms with Crippen LogP contribution in [0.1, 0.15) is 53.7 Å². The Hall–Kier alpha value is -2.34. The van der Waals surface area contributed by atoms with Crippen LogP contribution in [-0.4, -0.2) is 28.3 Å². The van der Waals surface area contributed by atoms with Crippen molar-refractivity contribution in [2.75, 3.05) is 6.54 Å². The minimum atomic E-state index is -0.383. The highest BCUT2D eigenvalue weighted by Gasteiger charge is 2.23. The van der Waals surface area contributed by atoms with Crippen LogP contribution in [0.15, 0.2) is 30.5 Å². The first-order valence-corrected chi connectivity index (χ1v) is 10.0. The molecule has 1 aliphatic carbocycles. The van der Waals surface area contributed by atoms with Gasteiger partial charge < -0.3 is 15.8 Å². The minimum Gasteiger partial charge on any atom is -0.490 e. The van der Waals surface area contributed by atoms with E-state index in [9.17, 15) is 4.79 Å². The molecule has 2 heterocycles. The Morgan fingerprint density at radius 1 is 1.26 bits per heavy atom. The van der Waals surface area contributed by atoms with Crippen LogP contribution in [0.5, 0.6) is 5.75 Å². The molecule has 6 nitrogen and oxygen atoms in total. The van der Waals surface area contributed by atoms with Crippen LogP contribution in [0.4, 0.5) is 0 Å². The third-order valence-corrected chi connectivity index (χ3v) is 5.75. The van der Waals surface area contributed by atoms with Gasteiger partial charge in [-0.2, -0.15) is 5.10 Å². The second-order valence-electron chi connectivity index (χ2n) is 7.72. The molecule has 0 radical (unpaired) electrons. The Labute approximate surface area is 160 Å². The molecule has 1 aromatic heterocycles. The van der Waals surface area contributed by atoms with Crippen molar-refractivity contribution in [1.29, 1.82) is 0 Å². The molecular formula is C21H28N4O2. The SMILES string of the molecule is NC(=O)c1cnn2c1CC[C@@H](CNCc1ccccc1OC1CCCC1)C2. The molecule has 0 saturated heterocycles. The van der Waals surface area contributed by atoms with Crippen LogP contribution in [0.25, 0.3) is 0 Å². The molecule has 6 heteroatoms. The predicted molar refractivity (Wildman–Crippen MR) is 104 cm³/mol. The quantitative estimate of drug-likeness (QED) is 0.787. The van der Waals surface area contributed by atoms with Gasteiger partial charge in [0.25, 0.3) is 5.91 Å². The van der Waals surface area contributed by atoms with Crippen molar-refractivity contribution in [3.05, 3.63) is 47.3 Å². The van der Waals surface area contributed by atoms with E-state index in [-0.39, 0.29) is 5.91 Å². The predicted octanol–water partition coefficient (Wildman–Crippen LogP) is 2.66. The van der Waals surface area contributed by atoms with Crippen LogP contribution in [-0.2, 0) is 19.5 Å². The van der Waals surface area contributed by atoms with Gasteiger partial charge >= 0.3 is 0 Å². The highest BCUT2D eigenvalue weighted by Crippen LogP contribution is 2.27. The van der Waals surface area contributed by atoms with Crippen molar-refractivity contribution in [3.63, 3.8) is 0 Å². The van der Waals surface area contributed by atoms with Crippen molar-refractivity contribution < 1.29 is 9.53 Å². The topological polar surface area (TPSA) is 82.2 Å². The molecule has 1 atom stereocenters. The van der Waals surface area contributed by atoms with Crippen molar-refractivity contribution in [2.45, 2.75) is 57.7 Å². The number of aromatic nitrogens is 2. The summed E-state index contributed by atoms with van der Waals surface area (Å²) in [4.78, 5) is 11.4. The lowest BCUT2D eigenvalue weighted by atomic mass is 9.96. The summed E-state index contributed by atoms with van der Waals surface area (Å²) in [5.74, 6) is 1.13. The lowest BCUT2D eigenvalue weighted by Gasteiger charge is -2.24. The summed E-state index contributed by atoms with van der Waals surface area (Å²) in [5.41, 5.74) is 8.19. The monoisotopic (exact) mass is 368 g/mol. The summed E-state index contributed by atoms with van der Waals surface area (Å²) >= 11 is 0. The van der Waals surface area contributed by atoms with E-state index in [1.54, 1.807) is 6.20 Å². The first-order valence-electron chi connectivity index (χ1n) is 10.0. The Balaban J connectivity index is 1.31. The number of hydrogen-bond acceptors (Lipinski definition) is 4. The number of amides is 1. The summed E-state index contributed by atoms with van der Waals surface area (Å²) in [5, 5.41) is 7.92. The number of nitrogens with one attached hydrogen (secondary N) is 1. The molecule has 0 unspecified atom stereocenters. The highest BCUT2D eigenvalue weighted by molar-refractivity contribution is 5.93. The molecule has 4 rings (SSSR count). The second kappa shape index (κ2) is 8.13. The minimum absolute atomic E-state index is 0.377. The van der Waals surface area contributed by atoms with Crippen LogP contribution in [0.3, 0.4) is 0 Å². The van der Waals surface area contributed by atoms with Gasteiger partial charge in [-0.3, -0.25) is 9.48 Å². The normalized spacial score (nSPS) is 19.8. The number of carbonyl (C=O) groups is 1. The summed E-state index contributed by atoms with van der Waals surface area (Å²) in [6.45, 7) is 2.55. The lowest BCUT2D eigenvalue weighted by Crippen LogP contribution is -2.31. The van der Waals surface area contributed by atoms with Gasteiger partial charge in [-0.05, 0) is 50.5 Å². The largest absolute Gasteiger partial charge is 0.490 e. The van der Waals surface area contributed by atoms with E-state index in [1.807, 2.05) is 10.7 Å². The molecular weight excluding hydrogens is 340 g/mol. The van der Waals surface area contributed by atoms with Crippen LogP contribution < -0.4 is 15.8 Å². The maximum atomic E-state index is 11.4. The molecule has 1 amide bonds. The fraction of sp³-hybridized carbons (Fsp3) is 0.524. The molecule has 1 aliphatic heterocycles. The van der Waals surface area contributed by atoms with E-state index in [2.05, 4.69) is 28.6 Å². The van der Waals surface area contributed by atoms with Gasteiger partial charge in [0.15, 0.2) is 0 Å². The van der Waals surface area contributed by atoms with Crippen LogP contribution in [0, 0.1) is 5.92 Å². The number of primary amides is 1. The Morgan fingerprint density at radius 2 is 2.07 bits per heavy atom. The zero-order valence-corrected chi connectivity index (χ0v) is 15.7. The smallest absolute Gasteiger partial charge is 0.252 e. The van der Waals surface area contributed by atoms with Gasteiger partial charge in [0.05, 0.1) is 23.6 Å². The number of carbonyl (C=O) groups excluding carboxylic acids is 1. The number of para-hydroxylation sites is 1. The van der Waals surface area contributed by atoms with E-state index in [1.165, 1.54) is 31.2 Å². The molecule has 2 aromatic rings. The number of nitrogens with zero attached hydrogens (tertiary/aromatic N) is 2. The fourth-order valence-electron chi connectivity index (χ4n) is 4.24. The zero-order valence-electron chi connectivity index (χ0n) is 15.7. The van der Waals surface area contributed by atoms with Crippen molar-refractivity contribution in [1.82, 2.24) is 15.1 Å². The molecule has 144 valence electrons. The Bertz CT molecular complexity index is 795. The molecule has 1 fully saturated rings. The zero-order chi connectivity index (χ0) is 18.6. The average Bonchev–Trinajstić information content (AvgIpc) is 3.32. The number of hydrogen-bond donors (Lipinski definition) is 2. The molecule has 0 spiro atoms. The van der Waals surface area contributed by atoms with E-state index in [4.69, 9.17) is 10.5 Å². The summed E-state index contributed by atoms with van der Waals surface area (Å²) in [6, 6.07) is 8.34. The Morgan fingerprint density at radius 3 is 2.89 bits per heavy atom. The third kappa shape index (κ3) is 4.16. The van der Waals surface area contributed by atoms with Gasteiger partial charge in [-0.15, -0.1) is 0 Å². The van der Waals surface area contributed by atoms with Gasteiger partial charge in [-0.25, -0.2) is 0 Å².